The Balaban J connectivity index is 2.48. The van der Waals surface area contributed by atoms with Crippen molar-refractivity contribution in [1.29, 1.82) is 0 Å². The molecule has 0 aromatic heterocycles. The molecule has 0 saturated heterocycles. The van der Waals surface area contributed by atoms with Crippen LogP contribution in [-0.4, -0.2) is 23.4 Å². The van der Waals surface area contributed by atoms with E-state index in [2.05, 4.69) is 31.4 Å². The summed E-state index contributed by atoms with van der Waals surface area (Å²) >= 11 is 0. The van der Waals surface area contributed by atoms with Gasteiger partial charge in [0.1, 0.15) is 6.04 Å². The topological polar surface area (TPSA) is 58.2 Å². The van der Waals surface area contributed by atoms with Gasteiger partial charge >= 0.3 is 0 Å². The minimum absolute atomic E-state index is 0.0379. The number of amides is 2. The molecule has 1 rings (SSSR count). The summed E-state index contributed by atoms with van der Waals surface area (Å²) in [5.74, 6) is 0.0287. The largest absolute Gasteiger partial charge is 0.349 e. The van der Waals surface area contributed by atoms with Gasteiger partial charge in [0.15, 0.2) is 0 Å². The summed E-state index contributed by atoms with van der Waals surface area (Å²) in [5.41, 5.74) is -0.134. The lowest BCUT2D eigenvalue weighted by Crippen LogP contribution is -2.53. The van der Waals surface area contributed by atoms with Gasteiger partial charge in [0, 0.05) is 11.5 Å². The Labute approximate surface area is 135 Å². The molecule has 0 aliphatic heterocycles. The van der Waals surface area contributed by atoms with E-state index in [1.54, 1.807) is 6.92 Å². The minimum atomic E-state index is -0.478. The summed E-state index contributed by atoms with van der Waals surface area (Å²) in [6.07, 6.45) is 6.26. The Morgan fingerprint density at radius 3 is 2.09 bits per heavy atom. The molecule has 0 aromatic rings. The molecular formula is C18H34N2O2. The van der Waals surface area contributed by atoms with E-state index in [0.29, 0.717) is 0 Å². The van der Waals surface area contributed by atoms with Crippen molar-refractivity contribution in [2.45, 2.75) is 91.6 Å². The van der Waals surface area contributed by atoms with E-state index in [1.807, 2.05) is 13.8 Å². The molecule has 2 amide bonds. The highest BCUT2D eigenvalue weighted by Crippen LogP contribution is 2.27. The average Bonchev–Trinajstić information content (AvgIpc) is 2.36. The van der Waals surface area contributed by atoms with Crippen LogP contribution >= 0.6 is 0 Å². The maximum absolute atomic E-state index is 12.3. The monoisotopic (exact) mass is 310 g/mol. The zero-order valence-electron chi connectivity index (χ0n) is 15.2. The zero-order valence-corrected chi connectivity index (χ0v) is 15.2. The Hall–Kier alpha value is -1.06. The smallest absolute Gasteiger partial charge is 0.242 e. The van der Waals surface area contributed by atoms with Crippen molar-refractivity contribution in [1.82, 2.24) is 10.6 Å². The normalized spacial score (nSPS) is 18.6. The summed E-state index contributed by atoms with van der Waals surface area (Å²) in [7, 11) is 0. The second-order valence-corrected chi connectivity index (χ2v) is 8.68. The Morgan fingerprint density at radius 1 is 1.05 bits per heavy atom. The van der Waals surface area contributed by atoms with E-state index in [0.717, 1.165) is 32.1 Å². The van der Waals surface area contributed by atoms with Crippen LogP contribution in [0.25, 0.3) is 0 Å². The third kappa shape index (κ3) is 6.80. The predicted octanol–water partition coefficient (Wildman–Crippen LogP) is 3.40. The molecule has 0 unspecified atom stereocenters. The second-order valence-electron chi connectivity index (χ2n) is 8.68. The van der Waals surface area contributed by atoms with E-state index in [9.17, 15) is 9.59 Å². The number of carbonyl (C=O) groups excluding carboxylic acids is 2. The first kappa shape index (κ1) is 19.0. The molecule has 1 fully saturated rings. The third-order valence-corrected chi connectivity index (χ3v) is 4.16. The molecule has 2 N–H and O–H groups in total. The van der Waals surface area contributed by atoms with Gasteiger partial charge in [-0.05, 0) is 45.4 Å². The first-order valence-electron chi connectivity index (χ1n) is 8.63. The van der Waals surface area contributed by atoms with Gasteiger partial charge in [0.2, 0.25) is 11.8 Å². The van der Waals surface area contributed by atoms with Crippen molar-refractivity contribution in [3.63, 3.8) is 0 Å². The number of hydrogen-bond acceptors (Lipinski definition) is 2. The quantitative estimate of drug-likeness (QED) is 0.817. The lowest BCUT2D eigenvalue weighted by atomic mass is 9.81. The number of carbonyl (C=O) groups is 2. The molecular weight excluding hydrogens is 276 g/mol. The molecule has 1 saturated carbocycles. The first-order valence-corrected chi connectivity index (χ1v) is 8.63. The highest BCUT2D eigenvalue weighted by molar-refractivity contribution is 5.88. The fraction of sp³-hybridized carbons (Fsp3) is 0.889. The van der Waals surface area contributed by atoms with Crippen LogP contribution in [-0.2, 0) is 9.59 Å². The fourth-order valence-electron chi connectivity index (χ4n) is 3.57. The molecule has 0 spiro atoms. The first-order chi connectivity index (χ1) is 10.0. The predicted molar refractivity (Wildman–Crippen MR) is 90.5 cm³/mol. The number of rotatable bonds is 5. The summed E-state index contributed by atoms with van der Waals surface area (Å²) in [6.45, 7) is 12.3. The molecule has 4 nitrogen and oxygen atoms in total. The van der Waals surface area contributed by atoms with Crippen LogP contribution in [0.2, 0.25) is 0 Å². The molecule has 0 radical (unpaired) electrons. The SMILES string of the molecule is C[C@@H](NC(=O)C1CCCCC1)C(=O)NC(C)(C)CC(C)(C)C. The Bertz CT molecular complexity index is 390. The third-order valence-electron chi connectivity index (χ3n) is 4.16. The molecule has 22 heavy (non-hydrogen) atoms. The molecule has 4 heteroatoms. The average molecular weight is 310 g/mol. The highest BCUT2D eigenvalue weighted by atomic mass is 16.2. The van der Waals surface area contributed by atoms with Gasteiger partial charge in [0.05, 0.1) is 0 Å². The van der Waals surface area contributed by atoms with Crippen molar-refractivity contribution in [2.24, 2.45) is 11.3 Å². The van der Waals surface area contributed by atoms with Crippen LogP contribution in [0.15, 0.2) is 0 Å². The molecule has 0 bridgehead atoms. The van der Waals surface area contributed by atoms with Gasteiger partial charge in [-0.2, -0.15) is 0 Å². The summed E-state index contributed by atoms with van der Waals surface area (Å²) < 4.78 is 0. The second kappa shape index (κ2) is 7.47. The molecule has 1 aliphatic carbocycles. The minimum Gasteiger partial charge on any atom is -0.349 e. The summed E-state index contributed by atoms with van der Waals surface area (Å²) in [5, 5.41) is 5.95. The maximum Gasteiger partial charge on any atom is 0.242 e. The summed E-state index contributed by atoms with van der Waals surface area (Å²) in [6, 6.07) is -0.478. The van der Waals surface area contributed by atoms with Gasteiger partial charge < -0.3 is 10.6 Å². The van der Waals surface area contributed by atoms with Crippen LogP contribution in [0.1, 0.15) is 80.1 Å². The van der Waals surface area contributed by atoms with Crippen molar-refractivity contribution < 1.29 is 9.59 Å². The molecule has 0 aromatic carbocycles. The maximum atomic E-state index is 12.3. The van der Waals surface area contributed by atoms with Crippen LogP contribution in [0, 0.1) is 11.3 Å². The summed E-state index contributed by atoms with van der Waals surface area (Å²) in [4.78, 5) is 24.6. The number of nitrogens with one attached hydrogen (secondary N) is 2. The highest BCUT2D eigenvalue weighted by Gasteiger charge is 2.30. The molecule has 1 aliphatic rings. The zero-order chi connectivity index (χ0) is 17.0. The lowest BCUT2D eigenvalue weighted by Gasteiger charge is -2.34. The Morgan fingerprint density at radius 2 is 1.59 bits per heavy atom. The van der Waals surface area contributed by atoms with Crippen molar-refractivity contribution in [3.05, 3.63) is 0 Å². The van der Waals surface area contributed by atoms with Crippen LogP contribution in [0.4, 0.5) is 0 Å². The fourth-order valence-corrected chi connectivity index (χ4v) is 3.57. The van der Waals surface area contributed by atoms with E-state index in [1.165, 1.54) is 6.42 Å². The van der Waals surface area contributed by atoms with Crippen molar-refractivity contribution in [2.75, 3.05) is 0 Å². The van der Waals surface area contributed by atoms with E-state index in [-0.39, 0.29) is 28.7 Å². The van der Waals surface area contributed by atoms with Crippen LogP contribution in [0.3, 0.4) is 0 Å². The van der Waals surface area contributed by atoms with Crippen molar-refractivity contribution >= 4 is 11.8 Å². The van der Waals surface area contributed by atoms with Gasteiger partial charge in [-0.1, -0.05) is 40.0 Å². The van der Waals surface area contributed by atoms with Crippen molar-refractivity contribution in [3.8, 4) is 0 Å². The van der Waals surface area contributed by atoms with Gasteiger partial charge in [-0.15, -0.1) is 0 Å². The Kier molecular flexibility index (Phi) is 6.45. The molecule has 1 atom stereocenters. The number of hydrogen-bond donors (Lipinski definition) is 2. The van der Waals surface area contributed by atoms with Gasteiger partial charge in [-0.25, -0.2) is 0 Å². The van der Waals surface area contributed by atoms with Crippen LogP contribution < -0.4 is 10.6 Å². The van der Waals surface area contributed by atoms with E-state index < -0.39 is 6.04 Å². The van der Waals surface area contributed by atoms with E-state index in [4.69, 9.17) is 0 Å². The van der Waals surface area contributed by atoms with Gasteiger partial charge in [0.25, 0.3) is 0 Å². The lowest BCUT2D eigenvalue weighted by molar-refractivity contribution is -0.132. The standard InChI is InChI=1S/C18H34N2O2/c1-13(19-16(22)14-10-8-7-9-11-14)15(21)20-18(5,6)12-17(2,3)4/h13-14H,7-12H2,1-6H3,(H,19,22)(H,20,21)/t13-/m1/s1. The molecule has 0 heterocycles. The molecule has 128 valence electrons. The van der Waals surface area contributed by atoms with Gasteiger partial charge in [-0.3, -0.25) is 9.59 Å². The van der Waals surface area contributed by atoms with E-state index >= 15 is 0 Å². The van der Waals surface area contributed by atoms with Crippen LogP contribution in [0.5, 0.6) is 0 Å².